The van der Waals surface area contributed by atoms with Gasteiger partial charge in [-0.2, -0.15) is 0 Å². The van der Waals surface area contributed by atoms with Crippen LogP contribution in [-0.4, -0.2) is 17.6 Å². The number of nitrogens with one attached hydrogen (secondary N) is 1. The highest BCUT2D eigenvalue weighted by molar-refractivity contribution is 5.67. The van der Waals surface area contributed by atoms with Crippen molar-refractivity contribution in [3.8, 4) is 0 Å². The van der Waals surface area contributed by atoms with Gasteiger partial charge in [0.15, 0.2) is 0 Å². The number of carboxylic acids is 1. The van der Waals surface area contributed by atoms with Crippen LogP contribution in [0.15, 0.2) is 12.3 Å². The summed E-state index contributed by atoms with van der Waals surface area (Å²) in [7, 11) is 0. The summed E-state index contributed by atoms with van der Waals surface area (Å²) in [6.45, 7) is 0.794. The van der Waals surface area contributed by atoms with Crippen LogP contribution in [0.4, 0.5) is 0 Å². The summed E-state index contributed by atoms with van der Waals surface area (Å²) in [5, 5.41) is 11.7. The maximum absolute atomic E-state index is 10.4. The third-order valence-corrected chi connectivity index (χ3v) is 2.09. The summed E-state index contributed by atoms with van der Waals surface area (Å²) >= 11 is 0. The second-order valence-electron chi connectivity index (χ2n) is 3.21. The Labute approximate surface area is 72.5 Å². The lowest BCUT2D eigenvalue weighted by molar-refractivity contribution is -0.138. The Kier molecular flexibility index (Phi) is 3.64. The van der Waals surface area contributed by atoms with Crippen molar-refractivity contribution in [2.75, 3.05) is 6.54 Å². The summed E-state index contributed by atoms with van der Waals surface area (Å²) in [4.78, 5) is 10.4. The quantitative estimate of drug-likeness (QED) is 0.656. The second-order valence-corrected chi connectivity index (χ2v) is 3.21. The van der Waals surface area contributed by atoms with Crippen LogP contribution >= 0.6 is 0 Å². The van der Waals surface area contributed by atoms with Crippen molar-refractivity contribution >= 4 is 5.97 Å². The predicted octanol–water partition coefficient (Wildman–Crippen LogP) is 1.36. The molecule has 0 amide bonds. The van der Waals surface area contributed by atoms with Gasteiger partial charge in [0.1, 0.15) is 0 Å². The molecule has 68 valence electrons. The van der Waals surface area contributed by atoms with Gasteiger partial charge in [0.25, 0.3) is 0 Å². The minimum Gasteiger partial charge on any atom is -0.481 e. The lowest BCUT2D eigenvalue weighted by Gasteiger charge is -2.16. The van der Waals surface area contributed by atoms with Crippen molar-refractivity contribution in [2.45, 2.75) is 25.7 Å². The highest BCUT2D eigenvalue weighted by Gasteiger charge is 2.12. The van der Waals surface area contributed by atoms with E-state index in [1.165, 1.54) is 0 Å². The van der Waals surface area contributed by atoms with Crippen LogP contribution in [-0.2, 0) is 4.79 Å². The van der Waals surface area contributed by atoms with Gasteiger partial charge in [-0.25, -0.2) is 0 Å². The van der Waals surface area contributed by atoms with Crippen LogP contribution in [0.1, 0.15) is 25.7 Å². The van der Waals surface area contributed by atoms with Gasteiger partial charge in [-0.05, 0) is 31.4 Å². The van der Waals surface area contributed by atoms with Crippen LogP contribution in [0.3, 0.4) is 0 Å². The fourth-order valence-corrected chi connectivity index (χ4v) is 1.45. The number of aliphatic carboxylic acids is 1. The molecule has 0 bridgehead atoms. The molecule has 2 N–H and O–H groups in total. The molecule has 3 nitrogen and oxygen atoms in total. The van der Waals surface area contributed by atoms with Gasteiger partial charge >= 0.3 is 5.97 Å². The first kappa shape index (κ1) is 9.10. The molecule has 0 aromatic heterocycles. The molecule has 1 unspecified atom stereocenters. The lowest BCUT2D eigenvalue weighted by atomic mass is 9.97. The molecule has 0 aliphatic carbocycles. The zero-order valence-electron chi connectivity index (χ0n) is 7.12. The van der Waals surface area contributed by atoms with Gasteiger partial charge in [0, 0.05) is 13.0 Å². The molecule has 0 spiro atoms. The number of rotatable bonds is 2. The maximum Gasteiger partial charge on any atom is 0.303 e. The van der Waals surface area contributed by atoms with Crippen molar-refractivity contribution in [3.63, 3.8) is 0 Å². The van der Waals surface area contributed by atoms with E-state index >= 15 is 0 Å². The number of carboxylic acid groups (broad SMARTS) is 1. The molecule has 1 heterocycles. The van der Waals surface area contributed by atoms with E-state index in [4.69, 9.17) is 5.11 Å². The normalized spacial score (nSPS) is 23.8. The van der Waals surface area contributed by atoms with Gasteiger partial charge in [0.2, 0.25) is 0 Å². The molecular weight excluding hydrogens is 154 g/mol. The Balaban J connectivity index is 2.32. The zero-order valence-corrected chi connectivity index (χ0v) is 7.12. The van der Waals surface area contributed by atoms with Gasteiger partial charge in [-0.1, -0.05) is 6.08 Å². The van der Waals surface area contributed by atoms with Gasteiger partial charge in [0.05, 0.1) is 0 Å². The fraction of sp³-hybridized carbons (Fsp3) is 0.667. The lowest BCUT2D eigenvalue weighted by Crippen LogP contribution is -2.21. The fourth-order valence-electron chi connectivity index (χ4n) is 1.45. The first-order valence-electron chi connectivity index (χ1n) is 4.39. The van der Waals surface area contributed by atoms with Crippen LogP contribution in [0.2, 0.25) is 0 Å². The third-order valence-electron chi connectivity index (χ3n) is 2.09. The molecule has 1 atom stereocenters. The van der Waals surface area contributed by atoms with Crippen LogP contribution < -0.4 is 5.32 Å². The van der Waals surface area contributed by atoms with E-state index in [2.05, 4.69) is 11.4 Å². The SMILES string of the molecule is O=C(O)CC1CCCC=CNC1. The molecule has 1 aliphatic heterocycles. The largest absolute Gasteiger partial charge is 0.481 e. The molecule has 0 saturated heterocycles. The average molecular weight is 169 g/mol. The smallest absolute Gasteiger partial charge is 0.303 e. The van der Waals surface area contributed by atoms with Crippen molar-refractivity contribution in [2.24, 2.45) is 5.92 Å². The minimum atomic E-state index is -0.689. The Morgan fingerprint density at radius 2 is 2.50 bits per heavy atom. The average Bonchev–Trinajstić information content (AvgIpc) is 1.93. The monoisotopic (exact) mass is 169 g/mol. The summed E-state index contributed by atoms with van der Waals surface area (Å²) in [5.74, 6) is -0.390. The summed E-state index contributed by atoms with van der Waals surface area (Å²) in [5.41, 5.74) is 0. The summed E-state index contributed by atoms with van der Waals surface area (Å²) < 4.78 is 0. The van der Waals surface area contributed by atoms with Gasteiger partial charge in [-0.15, -0.1) is 0 Å². The van der Waals surface area contributed by atoms with Crippen LogP contribution in [0.25, 0.3) is 0 Å². The highest BCUT2D eigenvalue weighted by Crippen LogP contribution is 2.13. The third kappa shape index (κ3) is 3.42. The number of hydrogen-bond acceptors (Lipinski definition) is 2. The minimum absolute atomic E-state index is 0.292. The zero-order chi connectivity index (χ0) is 8.81. The summed E-state index contributed by atoms with van der Waals surface area (Å²) in [6.07, 6.45) is 7.49. The molecule has 12 heavy (non-hydrogen) atoms. The van der Waals surface area contributed by atoms with Crippen molar-refractivity contribution < 1.29 is 9.90 Å². The van der Waals surface area contributed by atoms with E-state index in [1.807, 2.05) is 6.20 Å². The molecule has 0 saturated carbocycles. The van der Waals surface area contributed by atoms with E-state index < -0.39 is 5.97 Å². The maximum atomic E-state index is 10.4. The van der Waals surface area contributed by atoms with E-state index in [0.29, 0.717) is 12.3 Å². The second kappa shape index (κ2) is 4.80. The van der Waals surface area contributed by atoms with E-state index in [9.17, 15) is 4.79 Å². The van der Waals surface area contributed by atoms with E-state index in [1.54, 1.807) is 0 Å². The standard InChI is InChI=1S/C9H15NO2/c11-9(12)6-8-4-2-1-3-5-10-7-8/h3,5,8,10H,1-2,4,6-7H2,(H,11,12). The molecule has 1 aliphatic rings. The highest BCUT2D eigenvalue weighted by atomic mass is 16.4. The Morgan fingerprint density at radius 1 is 1.67 bits per heavy atom. The molecule has 0 radical (unpaired) electrons. The molecule has 0 aromatic carbocycles. The summed E-state index contributed by atoms with van der Waals surface area (Å²) in [6, 6.07) is 0. The van der Waals surface area contributed by atoms with Crippen molar-refractivity contribution in [1.29, 1.82) is 0 Å². The number of carbonyl (C=O) groups is 1. The molecule has 0 fully saturated rings. The van der Waals surface area contributed by atoms with E-state index in [0.717, 1.165) is 25.8 Å². The number of allylic oxidation sites excluding steroid dienone is 1. The van der Waals surface area contributed by atoms with Crippen molar-refractivity contribution in [3.05, 3.63) is 12.3 Å². The first-order chi connectivity index (χ1) is 5.79. The molecule has 3 heteroatoms. The van der Waals surface area contributed by atoms with E-state index in [-0.39, 0.29) is 0 Å². The van der Waals surface area contributed by atoms with Gasteiger partial charge in [-0.3, -0.25) is 4.79 Å². The van der Waals surface area contributed by atoms with Gasteiger partial charge < -0.3 is 10.4 Å². The Morgan fingerprint density at radius 3 is 3.25 bits per heavy atom. The molecular formula is C9H15NO2. The predicted molar refractivity (Wildman–Crippen MR) is 46.7 cm³/mol. The first-order valence-corrected chi connectivity index (χ1v) is 4.39. The Bertz CT molecular complexity index is 177. The topological polar surface area (TPSA) is 49.3 Å². The molecule has 0 aromatic rings. The van der Waals surface area contributed by atoms with Crippen LogP contribution in [0, 0.1) is 5.92 Å². The molecule has 1 rings (SSSR count). The van der Waals surface area contributed by atoms with Crippen molar-refractivity contribution in [1.82, 2.24) is 5.32 Å². The number of hydrogen-bond donors (Lipinski definition) is 2. The van der Waals surface area contributed by atoms with Crippen LogP contribution in [0.5, 0.6) is 0 Å². The Hall–Kier alpha value is -0.990.